The van der Waals surface area contributed by atoms with E-state index < -0.39 is 0 Å². The van der Waals surface area contributed by atoms with Crippen LogP contribution in [0.4, 0.5) is 5.69 Å². The van der Waals surface area contributed by atoms with E-state index in [0.29, 0.717) is 26.4 Å². The van der Waals surface area contributed by atoms with Gasteiger partial charge < -0.3 is 25.0 Å². The van der Waals surface area contributed by atoms with E-state index in [1.807, 2.05) is 14.1 Å². The number of nitrogens with zero attached hydrogens (tertiary/aromatic N) is 2. The second-order valence-corrected chi connectivity index (χ2v) is 5.99. The van der Waals surface area contributed by atoms with Crippen molar-refractivity contribution in [2.24, 2.45) is 4.99 Å². The maximum Gasteiger partial charge on any atom is 0.191 e. The summed E-state index contributed by atoms with van der Waals surface area (Å²) in [5, 5.41) is 6.55. The first kappa shape index (κ1) is 24.9. The van der Waals surface area contributed by atoms with Crippen LogP contribution in [0.5, 0.6) is 0 Å². The zero-order chi connectivity index (χ0) is 18.3. The molecule has 0 saturated carbocycles. The molecule has 0 atom stereocenters. The van der Waals surface area contributed by atoms with Gasteiger partial charge in [0.05, 0.1) is 19.8 Å². The van der Waals surface area contributed by atoms with Crippen LogP contribution >= 0.6 is 24.0 Å². The SMILES string of the molecule is CCCCOCCOCCNC(=NC)NCc1ccc(N(C)C)cc1.I. The lowest BCUT2D eigenvalue weighted by Gasteiger charge is -2.14. The lowest BCUT2D eigenvalue weighted by Crippen LogP contribution is -2.38. The summed E-state index contributed by atoms with van der Waals surface area (Å²) in [5.41, 5.74) is 2.41. The Morgan fingerprint density at radius 3 is 2.23 bits per heavy atom. The van der Waals surface area contributed by atoms with E-state index in [1.54, 1.807) is 7.05 Å². The lowest BCUT2D eigenvalue weighted by atomic mass is 10.2. The van der Waals surface area contributed by atoms with Crippen LogP contribution in [-0.2, 0) is 16.0 Å². The summed E-state index contributed by atoms with van der Waals surface area (Å²) in [6, 6.07) is 8.47. The molecule has 1 aromatic carbocycles. The van der Waals surface area contributed by atoms with E-state index in [9.17, 15) is 0 Å². The van der Waals surface area contributed by atoms with Crippen molar-refractivity contribution in [1.29, 1.82) is 0 Å². The predicted octanol–water partition coefficient (Wildman–Crippen LogP) is 2.87. The van der Waals surface area contributed by atoms with Gasteiger partial charge in [-0.05, 0) is 24.1 Å². The molecular weight excluding hydrogens is 443 g/mol. The van der Waals surface area contributed by atoms with Crippen LogP contribution in [0.15, 0.2) is 29.3 Å². The summed E-state index contributed by atoms with van der Waals surface area (Å²) in [4.78, 5) is 6.31. The van der Waals surface area contributed by atoms with Crippen LogP contribution in [-0.4, -0.2) is 60.1 Å². The number of rotatable bonds is 12. The zero-order valence-corrected chi connectivity index (χ0v) is 18.9. The Kier molecular flexibility index (Phi) is 15.5. The molecule has 0 heterocycles. The third-order valence-corrected chi connectivity index (χ3v) is 3.69. The fourth-order valence-electron chi connectivity index (χ4n) is 2.13. The van der Waals surface area contributed by atoms with Gasteiger partial charge in [0, 0.05) is 46.5 Å². The minimum Gasteiger partial charge on any atom is -0.379 e. The molecule has 0 aromatic heterocycles. The number of benzene rings is 1. The fraction of sp³-hybridized carbons (Fsp3) is 0.632. The van der Waals surface area contributed by atoms with Crippen LogP contribution in [0.2, 0.25) is 0 Å². The highest BCUT2D eigenvalue weighted by Crippen LogP contribution is 2.11. The lowest BCUT2D eigenvalue weighted by molar-refractivity contribution is 0.0487. The van der Waals surface area contributed by atoms with E-state index in [0.717, 1.165) is 32.0 Å². The van der Waals surface area contributed by atoms with Gasteiger partial charge in [-0.3, -0.25) is 4.99 Å². The molecule has 150 valence electrons. The molecule has 0 aliphatic rings. The predicted molar refractivity (Wildman–Crippen MR) is 121 cm³/mol. The highest BCUT2D eigenvalue weighted by Gasteiger charge is 2.00. The Balaban J connectivity index is 0.00000625. The molecule has 0 bridgehead atoms. The number of guanidine groups is 1. The van der Waals surface area contributed by atoms with Crippen molar-refractivity contribution in [2.45, 2.75) is 26.3 Å². The summed E-state index contributed by atoms with van der Waals surface area (Å²) < 4.78 is 11.0. The Morgan fingerprint density at radius 2 is 1.65 bits per heavy atom. The monoisotopic (exact) mass is 478 g/mol. The Labute approximate surface area is 175 Å². The maximum absolute atomic E-state index is 5.53. The highest BCUT2D eigenvalue weighted by atomic mass is 127. The van der Waals surface area contributed by atoms with Crippen molar-refractivity contribution in [1.82, 2.24) is 10.6 Å². The van der Waals surface area contributed by atoms with Gasteiger partial charge in [-0.1, -0.05) is 25.5 Å². The molecule has 1 aromatic rings. The molecule has 0 fully saturated rings. The van der Waals surface area contributed by atoms with Crippen molar-refractivity contribution in [3.05, 3.63) is 29.8 Å². The topological polar surface area (TPSA) is 58.1 Å². The molecule has 0 saturated heterocycles. The van der Waals surface area contributed by atoms with Gasteiger partial charge in [0.25, 0.3) is 0 Å². The highest BCUT2D eigenvalue weighted by molar-refractivity contribution is 14.0. The van der Waals surface area contributed by atoms with E-state index >= 15 is 0 Å². The number of ether oxygens (including phenoxy) is 2. The fourth-order valence-corrected chi connectivity index (χ4v) is 2.13. The molecule has 0 amide bonds. The number of anilines is 1. The first-order chi connectivity index (χ1) is 12.2. The molecule has 1 rings (SSSR count). The van der Waals surface area contributed by atoms with E-state index in [4.69, 9.17) is 9.47 Å². The Morgan fingerprint density at radius 1 is 1.00 bits per heavy atom. The number of nitrogens with one attached hydrogen (secondary N) is 2. The Hall–Kier alpha value is -1.06. The minimum atomic E-state index is 0. The number of unbranched alkanes of at least 4 members (excludes halogenated alkanes) is 1. The third kappa shape index (κ3) is 11.5. The quantitative estimate of drug-likeness (QED) is 0.210. The second kappa shape index (κ2) is 16.1. The summed E-state index contributed by atoms with van der Waals surface area (Å²) in [5.74, 6) is 0.777. The van der Waals surface area contributed by atoms with E-state index in [-0.39, 0.29) is 24.0 Å². The van der Waals surface area contributed by atoms with Crippen LogP contribution in [0.1, 0.15) is 25.3 Å². The van der Waals surface area contributed by atoms with Crippen molar-refractivity contribution in [3.63, 3.8) is 0 Å². The molecule has 2 N–H and O–H groups in total. The molecule has 7 heteroatoms. The first-order valence-corrected chi connectivity index (χ1v) is 9.03. The zero-order valence-electron chi connectivity index (χ0n) is 16.6. The molecule has 26 heavy (non-hydrogen) atoms. The molecule has 6 nitrogen and oxygen atoms in total. The van der Waals surface area contributed by atoms with Gasteiger partial charge in [0.2, 0.25) is 0 Å². The van der Waals surface area contributed by atoms with E-state index in [1.165, 1.54) is 11.3 Å². The van der Waals surface area contributed by atoms with Gasteiger partial charge in [-0.2, -0.15) is 0 Å². The molecule has 0 unspecified atom stereocenters. The second-order valence-electron chi connectivity index (χ2n) is 5.99. The van der Waals surface area contributed by atoms with Crippen molar-refractivity contribution in [3.8, 4) is 0 Å². The van der Waals surface area contributed by atoms with Gasteiger partial charge in [0.15, 0.2) is 5.96 Å². The summed E-state index contributed by atoms with van der Waals surface area (Å²) in [6.45, 7) is 6.37. The Bertz CT molecular complexity index is 481. The van der Waals surface area contributed by atoms with Crippen LogP contribution < -0.4 is 15.5 Å². The third-order valence-electron chi connectivity index (χ3n) is 3.69. The summed E-state index contributed by atoms with van der Waals surface area (Å²) >= 11 is 0. The van der Waals surface area contributed by atoms with Crippen LogP contribution in [0, 0.1) is 0 Å². The summed E-state index contributed by atoms with van der Waals surface area (Å²) in [6.07, 6.45) is 2.28. The first-order valence-electron chi connectivity index (χ1n) is 9.03. The smallest absolute Gasteiger partial charge is 0.191 e. The average molecular weight is 478 g/mol. The van der Waals surface area contributed by atoms with Gasteiger partial charge >= 0.3 is 0 Å². The van der Waals surface area contributed by atoms with Gasteiger partial charge in [-0.25, -0.2) is 0 Å². The van der Waals surface area contributed by atoms with Crippen LogP contribution in [0.3, 0.4) is 0 Å². The molecule has 0 aliphatic heterocycles. The van der Waals surface area contributed by atoms with Crippen molar-refractivity contribution < 1.29 is 9.47 Å². The largest absolute Gasteiger partial charge is 0.379 e. The van der Waals surface area contributed by atoms with Crippen molar-refractivity contribution in [2.75, 3.05) is 59.0 Å². The molecule has 0 radical (unpaired) electrons. The van der Waals surface area contributed by atoms with Crippen LogP contribution in [0.25, 0.3) is 0 Å². The van der Waals surface area contributed by atoms with Gasteiger partial charge in [0.1, 0.15) is 0 Å². The number of hydrogen-bond donors (Lipinski definition) is 2. The normalized spacial score (nSPS) is 11.0. The molecule has 0 spiro atoms. The minimum absolute atomic E-state index is 0. The standard InChI is InChI=1S/C19H34N4O2.HI/c1-5-6-12-24-14-15-25-13-11-21-19(20-2)22-16-17-7-9-18(10-8-17)23(3)4;/h7-10H,5-6,11-16H2,1-4H3,(H2,20,21,22);1H. The maximum atomic E-state index is 5.53. The van der Waals surface area contributed by atoms with E-state index in [2.05, 4.69) is 51.7 Å². The summed E-state index contributed by atoms with van der Waals surface area (Å²) in [7, 11) is 5.85. The number of aliphatic imine (C=N–C) groups is 1. The van der Waals surface area contributed by atoms with Crippen molar-refractivity contribution >= 4 is 35.6 Å². The molecule has 0 aliphatic carbocycles. The van der Waals surface area contributed by atoms with Gasteiger partial charge in [-0.15, -0.1) is 24.0 Å². The number of halogens is 1. The molecular formula is C19H35IN4O2. The number of hydrogen-bond acceptors (Lipinski definition) is 4. The average Bonchev–Trinajstić information content (AvgIpc) is 2.63.